The molecule has 5 aliphatic rings. The number of carbonyl (C=O) groups is 4. The highest BCUT2D eigenvalue weighted by Crippen LogP contribution is 2.58. The summed E-state index contributed by atoms with van der Waals surface area (Å²) in [6.45, 7) is 0.188. The monoisotopic (exact) mass is 843 g/mol. The van der Waals surface area contributed by atoms with Gasteiger partial charge < -0.3 is 35.3 Å². The van der Waals surface area contributed by atoms with Gasteiger partial charge in [-0.2, -0.15) is 0 Å². The Morgan fingerprint density at radius 3 is 2.07 bits per heavy atom. The Labute approximate surface area is 360 Å². The van der Waals surface area contributed by atoms with Crippen molar-refractivity contribution in [3.8, 4) is 16.9 Å². The zero-order valence-electron chi connectivity index (χ0n) is 34.3. The van der Waals surface area contributed by atoms with Crippen LogP contribution < -0.4 is 21.1 Å². The number of nitrogens with two attached hydrogens (primary N) is 1. The third kappa shape index (κ3) is 9.03. The Morgan fingerprint density at radius 1 is 0.820 bits per heavy atom. The minimum atomic E-state index is -1.09. The number of nitrogens with one attached hydrogen (secondary N) is 2. The van der Waals surface area contributed by atoms with E-state index < -0.39 is 29.9 Å². The number of anilines is 1. The summed E-state index contributed by atoms with van der Waals surface area (Å²) < 4.78 is 23.1. The average molecular weight is 844 g/mol. The second kappa shape index (κ2) is 18.3. The first-order valence-corrected chi connectivity index (χ1v) is 21.3. The minimum Gasteiger partial charge on any atom is -0.496 e. The lowest BCUT2D eigenvalue weighted by molar-refractivity contribution is -0.134. The highest BCUT2D eigenvalue weighted by Gasteiger charge is 2.47. The van der Waals surface area contributed by atoms with Crippen LogP contribution in [0.4, 0.5) is 10.5 Å². The molecule has 0 spiro atoms. The van der Waals surface area contributed by atoms with Gasteiger partial charge in [0.1, 0.15) is 30.8 Å². The molecule has 61 heavy (non-hydrogen) atoms. The normalized spacial score (nSPS) is 20.1. The van der Waals surface area contributed by atoms with Crippen molar-refractivity contribution in [2.24, 2.45) is 29.4 Å². The molecule has 4 saturated carbocycles. The van der Waals surface area contributed by atoms with E-state index in [4.69, 9.17) is 36.3 Å². The van der Waals surface area contributed by atoms with Crippen LogP contribution in [-0.2, 0) is 35.2 Å². The number of rotatable bonds is 15. The van der Waals surface area contributed by atoms with Gasteiger partial charge >= 0.3 is 12.1 Å². The molecule has 4 aromatic rings. The van der Waals surface area contributed by atoms with Crippen molar-refractivity contribution in [1.29, 1.82) is 0 Å². The maximum Gasteiger partial charge on any atom is 0.407 e. The number of amides is 3. The maximum atomic E-state index is 13.5. The first kappa shape index (κ1) is 41.7. The number of halogens is 1. The zero-order chi connectivity index (χ0) is 42.6. The minimum absolute atomic E-state index is 0.0202. The average Bonchev–Trinajstić information content (AvgIpc) is 3.58. The first-order chi connectivity index (χ1) is 29.6. The molecule has 0 aliphatic heterocycles. The number of esters is 1. The molecule has 4 N–H and O–H groups in total. The number of hydrogen-bond acceptors (Lipinski definition) is 8. The molecule has 5 aliphatic carbocycles. The number of carbonyl (C=O) groups excluding carboxylic acids is 4. The van der Waals surface area contributed by atoms with Crippen LogP contribution in [0.1, 0.15) is 78.7 Å². The standard InChI is InChI=1S/C49H50ClN3O8/c1-58-43(55)20-14-31-13-17-39(47(59-2)44-32-22-29-21-30(24-32)25-33(44)23-29)45(50)46(31)60-26-28-11-15-34(16-12-28)52-48(56)41(18-19-42(51)54)53-49(57)61-27-40-37-9-5-3-7-35(37)36-8-4-6-10-38(36)40/h3-17,20,29-30,32-33,40-41H,18-19,21-27H2,1-2H3,(H2,51,54)(H,52,56)(H,53,57)/b20-14+,47-44?/t29?,30?,32?,33?,41-/m0/s1. The Bertz CT molecular complexity index is 2320. The molecule has 3 amide bonds. The summed E-state index contributed by atoms with van der Waals surface area (Å²) in [7, 11) is 3.02. The van der Waals surface area contributed by atoms with E-state index in [9.17, 15) is 19.2 Å². The third-order valence-electron chi connectivity index (χ3n) is 12.7. The van der Waals surface area contributed by atoms with Gasteiger partial charge in [0, 0.05) is 35.2 Å². The van der Waals surface area contributed by atoms with Crippen molar-refractivity contribution >= 4 is 53.0 Å². The highest BCUT2D eigenvalue weighted by molar-refractivity contribution is 6.34. The van der Waals surface area contributed by atoms with E-state index >= 15 is 0 Å². The molecule has 12 heteroatoms. The number of hydrogen-bond donors (Lipinski definition) is 3. The van der Waals surface area contributed by atoms with Crippen LogP contribution in [0.5, 0.6) is 5.75 Å². The molecule has 0 unspecified atom stereocenters. The van der Waals surface area contributed by atoms with Crippen molar-refractivity contribution in [2.75, 3.05) is 26.1 Å². The van der Waals surface area contributed by atoms with Gasteiger partial charge in [-0.3, -0.25) is 9.59 Å². The Kier molecular flexibility index (Phi) is 12.5. The van der Waals surface area contributed by atoms with Gasteiger partial charge in [0.2, 0.25) is 11.8 Å². The topological polar surface area (TPSA) is 155 Å². The number of ether oxygens (including phenoxy) is 4. The lowest BCUT2D eigenvalue weighted by Crippen LogP contribution is -2.44. The summed E-state index contributed by atoms with van der Waals surface area (Å²) in [5.41, 5.74) is 13.7. The summed E-state index contributed by atoms with van der Waals surface area (Å²) in [6, 6.07) is 25.7. The van der Waals surface area contributed by atoms with Crippen molar-refractivity contribution in [3.05, 3.63) is 129 Å². The summed E-state index contributed by atoms with van der Waals surface area (Å²) in [5, 5.41) is 5.86. The molecule has 316 valence electrons. The van der Waals surface area contributed by atoms with Crippen molar-refractivity contribution in [3.63, 3.8) is 0 Å². The number of primary amides is 1. The SMILES string of the molecule is COC(=O)/C=C/c1ccc(C(OC)=C2C3CC4CC(C3)CC2C4)c(Cl)c1OCc1ccc(NC(=O)[C@H](CCC(N)=O)NC(=O)OCC2c3ccccc3-c3ccccc32)cc1. The second-order valence-corrected chi connectivity index (χ2v) is 16.9. The maximum absolute atomic E-state index is 13.5. The van der Waals surface area contributed by atoms with Gasteiger partial charge in [-0.05, 0) is 120 Å². The third-order valence-corrected chi connectivity index (χ3v) is 13.1. The summed E-state index contributed by atoms with van der Waals surface area (Å²) in [4.78, 5) is 50.4. The summed E-state index contributed by atoms with van der Waals surface area (Å²) >= 11 is 7.20. The molecule has 4 bridgehead atoms. The van der Waals surface area contributed by atoms with E-state index in [0.717, 1.165) is 51.0 Å². The smallest absolute Gasteiger partial charge is 0.407 e. The van der Waals surface area contributed by atoms with Crippen LogP contribution in [0.15, 0.2) is 96.6 Å². The Hall–Kier alpha value is -6.07. The molecular weight excluding hydrogens is 794 g/mol. The number of alkyl carbamates (subject to hydrolysis) is 1. The predicted molar refractivity (Wildman–Crippen MR) is 233 cm³/mol. The molecule has 9 rings (SSSR count). The van der Waals surface area contributed by atoms with Crippen LogP contribution in [0.25, 0.3) is 23.0 Å². The fourth-order valence-electron chi connectivity index (χ4n) is 10.1. The number of allylic oxidation sites excluding steroid dienone is 1. The largest absolute Gasteiger partial charge is 0.496 e. The molecule has 11 nitrogen and oxygen atoms in total. The van der Waals surface area contributed by atoms with E-state index in [1.165, 1.54) is 50.9 Å². The van der Waals surface area contributed by atoms with E-state index in [1.54, 1.807) is 37.5 Å². The summed E-state index contributed by atoms with van der Waals surface area (Å²) in [5.74, 6) is 1.97. The summed E-state index contributed by atoms with van der Waals surface area (Å²) in [6.07, 6.45) is 8.11. The van der Waals surface area contributed by atoms with Gasteiger partial charge in [0.25, 0.3) is 0 Å². The zero-order valence-corrected chi connectivity index (χ0v) is 35.0. The van der Waals surface area contributed by atoms with Crippen LogP contribution in [-0.4, -0.2) is 50.7 Å². The molecule has 0 heterocycles. The number of methoxy groups -OCH3 is 2. The Balaban J connectivity index is 0.940. The molecule has 4 fully saturated rings. The number of fused-ring (bicyclic) bond motifs is 3. The van der Waals surface area contributed by atoms with Crippen LogP contribution in [0.2, 0.25) is 5.02 Å². The molecule has 0 saturated heterocycles. The molecule has 0 aromatic heterocycles. The fourth-order valence-corrected chi connectivity index (χ4v) is 10.4. The lowest BCUT2D eigenvalue weighted by Gasteiger charge is -2.51. The van der Waals surface area contributed by atoms with E-state index in [-0.39, 0.29) is 32.0 Å². The quantitative estimate of drug-likeness (QED) is 0.0609. The lowest BCUT2D eigenvalue weighted by atomic mass is 9.54. The Morgan fingerprint density at radius 2 is 1.46 bits per heavy atom. The van der Waals surface area contributed by atoms with Crippen molar-refractivity contribution in [2.45, 2.75) is 63.5 Å². The van der Waals surface area contributed by atoms with Crippen molar-refractivity contribution < 1.29 is 38.1 Å². The fraction of sp³-hybridized carbons (Fsp3) is 0.347. The van der Waals surface area contributed by atoms with Gasteiger partial charge in [0.05, 0.1) is 19.2 Å². The van der Waals surface area contributed by atoms with E-state index in [1.807, 2.05) is 60.7 Å². The van der Waals surface area contributed by atoms with E-state index in [0.29, 0.717) is 33.9 Å². The second-order valence-electron chi connectivity index (χ2n) is 16.5. The van der Waals surface area contributed by atoms with Crippen molar-refractivity contribution in [1.82, 2.24) is 5.32 Å². The van der Waals surface area contributed by atoms with Gasteiger partial charge in [-0.1, -0.05) is 78.3 Å². The molecule has 4 aromatic carbocycles. The van der Waals surface area contributed by atoms with Gasteiger partial charge in [0.15, 0.2) is 0 Å². The first-order valence-electron chi connectivity index (χ1n) is 20.9. The van der Waals surface area contributed by atoms with Gasteiger partial charge in [-0.25, -0.2) is 9.59 Å². The molecule has 0 radical (unpaired) electrons. The molecular formula is C49H50ClN3O8. The molecule has 1 atom stereocenters. The van der Waals surface area contributed by atoms with Gasteiger partial charge in [-0.15, -0.1) is 0 Å². The van der Waals surface area contributed by atoms with E-state index in [2.05, 4.69) is 10.6 Å². The predicted octanol–water partition coefficient (Wildman–Crippen LogP) is 9.03. The van der Waals surface area contributed by atoms with Crippen LogP contribution in [0, 0.1) is 23.7 Å². The van der Waals surface area contributed by atoms with Crippen LogP contribution in [0.3, 0.4) is 0 Å². The number of benzene rings is 4. The highest BCUT2D eigenvalue weighted by atomic mass is 35.5. The van der Waals surface area contributed by atoms with Crippen LogP contribution >= 0.6 is 11.6 Å².